The van der Waals surface area contributed by atoms with Crippen LogP contribution in [0.15, 0.2) is 36.5 Å². The summed E-state index contributed by atoms with van der Waals surface area (Å²) in [6, 6.07) is 0. The lowest BCUT2D eigenvalue weighted by Crippen LogP contribution is -1.99. The van der Waals surface area contributed by atoms with Gasteiger partial charge < -0.3 is 5.11 Å². The fourth-order valence-corrected chi connectivity index (χ4v) is 1.70. The SMILES string of the molecule is O=C(O)C1C2/C=C/C=C\C=C\C21. The summed E-state index contributed by atoms with van der Waals surface area (Å²) in [6.07, 6.45) is 11.6. The van der Waals surface area contributed by atoms with E-state index in [1.54, 1.807) is 0 Å². The van der Waals surface area contributed by atoms with Gasteiger partial charge in [-0.2, -0.15) is 0 Å². The van der Waals surface area contributed by atoms with Gasteiger partial charge in [0.15, 0.2) is 0 Å². The molecule has 2 heteroatoms. The molecule has 0 heterocycles. The van der Waals surface area contributed by atoms with E-state index in [2.05, 4.69) is 0 Å². The lowest BCUT2D eigenvalue weighted by Gasteiger charge is -1.85. The molecule has 0 aliphatic heterocycles. The first-order valence-electron chi connectivity index (χ1n) is 4.05. The fraction of sp³-hybridized carbons (Fsp3) is 0.300. The highest BCUT2D eigenvalue weighted by molar-refractivity contribution is 5.75. The van der Waals surface area contributed by atoms with E-state index in [-0.39, 0.29) is 17.8 Å². The number of rotatable bonds is 1. The molecule has 0 aromatic rings. The van der Waals surface area contributed by atoms with Gasteiger partial charge in [-0.1, -0.05) is 36.5 Å². The van der Waals surface area contributed by atoms with Crippen LogP contribution in [-0.2, 0) is 4.79 Å². The van der Waals surface area contributed by atoms with Crippen molar-refractivity contribution >= 4 is 5.97 Å². The molecule has 2 nitrogen and oxygen atoms in total. The number of aliphatic carboxylic acids is 1. The minimum atomic E-state index is -0.679. The Morgan fingerprint density at radius 1 is 1.00 bits per heavy atom. The summed E-state index contributed by atoms with van der Waals surface area (Å²) in [4.78, 5) is 10.7. The van der Waals surface area contributed by atoms with Gasteiger partial charge in [-0.25, -0.2) is 0 Å². The smallest absolute Gasteiger partial charge is 0.307 e. The van der Waals surface area contributed by atoms with Gasteiger partial charge in [0.25, 0.3) is 0 Å². The number of carboxylic acids is 1. The number of carbonyl (C=O) groups is 1. The summed E-state index contributed by atoms with van der Waals surface area (Å²) in [6.45, 7) is 0. The van der Waals surface area contributed by atoms with Crippen LogP contribution in [0.1, 0.15) is 0 Å². The van der Waals surface area contributed by atoms with Crippen LogP contribution in [0.4, 0.5) is 0 Å². The maximum atomic E-state index is 10.7. The Balaban J connectivity index is 2.17. The fourth-order valence-electron chi connectivity index (χ4n) is 1.70. The summed E-state index contributed by atoms with van der Waals surface area (Å²) in [5.41, 5.74) is 0. The predicted molar refractivity (Wildman–Crippen MR) is 45.5 cm³/mol. The Hall–Kier alpha value is -1.31. The van der Waals surface area contributed by atoms with Crippen LogP contribution >= 0.6 is 0 Å². The van der Waals surface area contributed by atoms with Crippen LogP contribution in [-0.4, -0.2) is 11.1 Å². The van der Waals surface area contributed by atoms with Gasteiger partial charge in [0.05, 0.1) is 5.92 Å². The van der Waals surface area contributed by atoms with Gasteiger partial charge in [-0.15, -0.1) is 0 Å². The van der Waals surface area contributed by atoms with Gasteiger partial charge >= 0.3 is 5.97 Å². The van der Waals surface area contributed by atoms with E-state index in [0.29, 0.717) is 0 Å². The van der Waals surface area contributed by atoms with Crippen molar-refractivity contribution in [1.29, 1.82) is 0 Å². The van der Waals surface area contributed by atoms with Gasteiger partial charge in [0.1, 0.15) is 0 Å². The second-order valence-corrected chi connectivity index (χ2v) is 3.17. The van der Waals surface area contributed by atoms with E-state index in [1.807, 2.05) is 36.5 Å². The van der Waals surface area contributed by atoms with E-state index in [4.69, 9.17) is 5.11 Å². The van der Waals surface area contributed by atoms with Gasteiger partial charge in [0, 0.05) is 0 Å². The summed E-state index contributed by atoms with van der Waals surface area (Å²) in [5.74, 6) is -0.411. The summed E-state index contributed by atoms with van der Waals surface area (Å²) in [7, 11) is 0. The first-order chi connectivity index (χ1) is 5.80. The summed E-state index contributed by atoms with van der Waals surface area (Å²) in [5, 5.41) is 8.78. The largest absolute Gasteiger partial charge is 0.481 e. The zero-order valence-electron chi connectivity index (χ0n) is 6.55. The number of hydrogen-bond donors (Lipinski definition) is 1. The number of carboxylic acid groups (broad SMARTS) is 1. The highest BCUT2D eigenvalue weighted by Crippen LogP contribution is 2.48. The van der Waals surface area contributed by atoms with Crippen molar-refractivity contribution in [2.24, 2.45) is 17.8 Å². The van der Waals surface area contributed by atoms with Crippen molar-refractivity contribution in [2.75, 3.05) is 0 Å². The quantitative estimate of drug-likeness (QED) is 0.636. The molecular formula is C10H10O2. The number of hydrogen-bond acceptors (Lipinski definition) is 1. The van der Waals surface area contributed by atoms with Crippen LogP contribution in [0.3, 0.4) is 0 Å². The zero-order chi connectivity index (χ0) is 8.55. The lowest BCUT2D eigenvalue weighted by atomic mass is 10.2. The molecule has 2 aliphatic rings. The Bertz CT molecular complexity index is 264. The van der Waals surface area contributed by atoms with Gasteiger partial charge in [-0.3, -0.25) is 4.79 Å². The Morgan fingerprint density at radius 2 is 1.50 bits per heavy atom. The third-order valence-corrected chi connectivity index (χ3v) is 2.42. The first kappa shape index (κ1) is 7.35. The molecule has 1 N–H and O–H groups in total. The van der Waals surface area contributed by atoms with E-state index < -0.39 is 5.97 Å². The van der Waals surface area contributed by atoms with Crippen molar-refractivity contribution in [2.45, 2.75) is 0 Å². The molecule has 2 unspecified atom stereocenters. The van der Waals surface area contributed by atoms with E-state index >= 15 is 0 Å². The average Bonchev–Trinajstić information content (AvgIpc) is 2.60. The standard InChI is InChI=1S/C10H10O2/c11-10(12)9-7-5-3-1-2-4-6-8(7)9/h1-9H,(H,11,12)/b2-1-,5-3+,6-4+. The van der Waals surface area contributed by atoms with Gasteiger partial charge in [0.2, 0.25) is 0 Å². The number of allylic oxidation sites excluding steroid dienone is 6. The molecule has 1 fully saturated rings. The minimum Gasteiger partial charge on any atom is -0.481 e. The molecule has 2 aliphatic carbocycles. The van der Waals surface area contributed by atoms with Crippen molar-refractivity contribution in [3.05, 3.63) is 36.5 Å². The third-order valence-electron chi connectivity index (χ3n) is 2.42. The molecule has 0 spiro atoms. The molecule has 0 aromatic carbocycles. The number of fused-ring (bicyclic) bond motifs is 1. The maximum Gasteiger partial charge on any atom is 0.307 e. The van der Waals surface area contributed by atoms with E-state index in [1.165, 1.54) is 0 Å². The first-order valence-corrected chi connectivity index (χ1v) is 4.05. The molecule has 2 rings (SSSR count). The summed E-state index contributed by atoms with van der Waals surface area (Å²) < 4.78 is 0. The average molecular weight is 162 g/mol. The second kappa shape index (κ2) is 2.63. The Kier molecular flexibility index (Phi) is 1.61. The van der Waals surface area contributed by atoms with Crippen LogP contribution in [0.25, 0.3) is 0 Å². The van der Waals surface area contributed by atoms with Crippen LogP contribution in [0.5, 0.6) is 0 Å². The topological polar surface area (TPSA) is 37.3 Å². The van der Waals surface area contributed by atoms with E-state index in [9.17, 15) is 4.79 Å². The highest BCUT2D eigenvalue weighted by atomic mass is 16.4. The molecule has 2 atom stereocenters. The molecular weight excluding hydrogens is 152 g/mol. The molecule has 62 valence electrons. The molecule has 0 radical (unpaired) electrons. The Morgan fingerprint density at radius 3 is 1.92 bits per heavy atom. The van der Waals surface area contributed by atoms with Gasteiger partial charge in [-0.05, 0) is 11.8 Å². The lowest BCUT2D eigenvalue weighted by molar-refractivity contribution is -0.138. The molecule has 1 saturated carbocycles. The van der Waals surface area contributed by atoms with E-state index in [0.717, 1.165) is 0 Å². The van der Waals surface area contributed by atoms with Crippen molar-refractivity contribution < 1.29 is 9.90 Å². The minimum absolute atomic E-state index is 0.183. The maximum absolute atomic E-state index is 10.7. The monoisotopic (exact) mass is 162 g/mol. The molecule has 0 amide bonds. The van der Waals surface area contributed by atoms with Crippen LogP contribution in [0.2, 0.25) is 0 Å². The third kappa shape index (κ3) is 1.09. The zero-order valence-corrected chi connectivity index (χ0v) is 6.55. The summed E-state index contributed by atoms with van der Waals surface area (Å²) >= 11 is 0. The molecule has 0 aromatic heterocycles. The molecule has 0 saturated heterocycles. The molecule has 0 bridgehead atoms. The highest BCUT2D eigenvalue weighted by Gasteiger charge is 2.51. The Labute approximate surface area is 70.9 Å². The van der Waals surface area contributed by atoms with Crippen molar-refractivity contribution in [3.8, 4) is 0 Å². The van der Waals surface area contributed by atoms with Crippen LogP contribution < -0.4 is 0 Å². The molecule has 12 heavy (non-hydrogen) atoms. The van der Waals surface area contributed by atoms with Crippen molar-refractivity contribution in [1.82, 2.24) is 0 Å². The normalized spacial score (nSPS) is 44.8. The van der Waals surface area contributed by atoms with Crippen molar-refractivity contribution in [3.63, 3.8) is 0 Å². The second-order valence-electron chi connectivity index (χ2n) is 3.17. The van der Waals surface area contributed by atoms with Crippen LogP contribution in [0, 0.1) is 17.8 Å². The predicted octanol–water partition coefficient (Wildman–Crippen LogP) is 1.62.